The molecule has 0 unspecified atom stereocenters. The first-order valence-corrected chi connectivity index (χ1v) is 6.37. The first-order valence-electron chi connectivity index (χ1n) is 4.50. The number of hydrogen-bond donors (Lipinski definition) is 2. The molecule has 90 valence electrons. The van der Waals surface area contributed by atoms with Crippen molar-refractivity contribution in [3.63, 3.8) is 0 Å². The summed E-state index contributed by atoms with van der Waals surface area (Å²) < 4.78 is 38.9. The second-order valence-electron chi connectivity index (χ2n) is 3.04. The average Bonchev–Trinajstić information content (AvgIpc) is 2.20. The maximum atomic E-state index is 13.6. The molecular formula is C9H11ClFNO3S. The lowest BCUT2D eigenvalue weighted by atomic mass is 10.2. The molecule has 0 heterocycles. The molecule has 0 atom stereocenters. The average molecular weight is 268 g/mol. The number of halogens is 2. The highest BCUT2D eigenvalue weighted by molar-refractivity contribution is 7.89. The number of rotatable bonds is 4. The first-order chi connectivity index (χ1) is 7.42. The zero-order chi connectivity index (χ0) is 12.3. The van der Waals surface area contributed by atoms with Crippen molar-refractivity contribution in [2.75, 3.05) is 6.54 Å². The molecule has 2 N–H and O–H groups in total. The van der Waals surface area contributed by atoms with E-state index in [4.69, 9.17) is 16.7 Å². The van der Waals surface area contributed by atoms with Crippen molar-refractivity contribution in [2.45, 2.75) is 18.4 Å². The third kappa shape index (κ3) is 2.70. The molecule has 0 aliphatic rings. The van der Waals surface area contributed by atoms with Crippen LogP contribution in [0.5, 0.6) is 0 Å². The molecule has 0 aliphatic heterocycles. The summed E-state index contributed by atoms with van der Waals surface area (Å²) in [7, 11) is -3.92. The summed E-state index contributed by atoms with van der Waals surface area (Å²) in [6.45, 7) is 1.11. The van der Waals surface area contributed by atoms with Crippen molar-refractivity contribution >= 4 is 21.6 Å². The van der Waals surface area contributed by atoms with E-state index in [1.54, 1.807) is 6.92 Å². The number of nitrogens with one attached hydrogen (secondary N) is 1. The van der Waals surface area contributed by atoms with Gasteiger partial charge >= 0.3 is 0 Å². The highest BCUT2D eigenvalue weighted by Crippen LogP contribution is 2.23. The minimum atomic E-state index is -3.92. The Morgan fingerprint density at radius 1 is 1.50 bits per heavy atom. The lowest BCUT2D eigenvalue weighted by Crippen LogP contribution is -2.24. The van der Waals surface area contributed by atoms with E-state index >= 15 is 0 Å². The van der Waals surface area contributed by atoms with Crippen molar-refractivity contribution in [1.29, 1.82) is 0 Å². The fourth-order valence-corrected chi connectivity index (χ4v) is 2.69. The summed E-state index contributed by atoms with van der Waals surface area (Å²) >= 11 is 5.64. The van der Waals surface area contributed by atoms with Crippen molar-refractivity contribution in [3.05, 3.63) is 28.5 Å². The fraction of sp³-hybridized carbons (Fsp3) is 0.333. The predicted molar refractivity (Wildman–Crippen MR) is 58.2 cm³/mol. The number of benzene rings is 1. The lowest BCUT2D eigenvalue weighted by Gasteiger charge is -2.09. The molecule has 0 spiro atoms. The van der Waals surface area contributed by atoms with Gasteiger partial charge in [0, 0.05) is 17.1 Å². The maximum Gasteiger partial charge on any atom is 0.243 e. The van der Waals surface area contributed by atoms with Crippen LogP contribution >= 0.6 is 11.6 Å². The van der Waals surface area contributed by atoms with Crippen LogP contribution in [0.4, 0.5) is 4.39 Å². The summed E-state index contributed by atoms with van der Waals surface area (Å²) in [6, 6.07) is 2.19. The highest BCUT2D eigenvalue weighted by Gasteiger charge is 2.21. The van der Waals surface area contributed by atoms with E-state index in [2.05, 4.69) is 4.72 Å². The zero-order valence-electron chi connectivity index (χ0n) is 8.50. The number of aliphatic hydroxyl groups is 1. The molecule has 0 radical (unpaired) electrons. The summed E-state index contributed by atoms with van der Waals surface area (Å²) in [5.74, 6) is -0.979. The van der Waals surface area contributed by atoms with Crippen LogP contribution in [0.3, 0.4) is 0 Å². The normalized spacial score (nSPS) is 11.8. The van der Waals surface area contributed by atoms with Gasteiger partial charge in [-0.05, 0) is 12.1 Å². The molecule has 0 fully saturated rings. The van der Waals surface area contributed by atoms with Crippen LogP contribution in [-0.2, 0) is 16.6 Å². The van der Waals surface area contributed by atoms with E-state index < -0.39 is 27.3 Å². The molecule has 0 bridgehead atoms. The van der Waals surface area contributed by atoms with E-state index in [9.17, 15) is 12.8 Å². The van der Waals surface area contributed by atoms with Crippen LogP contribution < -0.4 is 4.72 Å². The van der Waals surface area contributed by atoms with Crippen LogP contribution in [-0.4, -0.2) is 20.1 Å². The van der Waals surface area contributed by atoms with Crippen LogP contribution in [0.1, 0.15) is 12.5 Å². The molecule has 4 nitrogen and oxygen atoms in total. The van der Waals surface area contributed by atoms with E-state index in [1.807, 2.05) is 0 Å². The molecule has 1 rings (SSSR count). The first kappa shape index (κ1) is 13.4. The smallest absolute Gasteiger partial charge is 0.243 e. The monoisotopic (exact) mass is 267 g/mol. The summed E-state index contributed by atoms with van der Waals surface area (Å²) in [6.07, 6.45) is 0. The van der Waals surface area contributed by atoms with Crippen molar-refractivity contribution in [1.82, 2.24) is 4.72 Å². The van der Waals surface area contributed by atoms with E-state index in [0.29, 0.717) is 0 Å². The Morgan fingerprint density at radius 2 is 2.12 bits per heavy atom. The Kier molecular flexibility index (Phi) is 4.26. The summed E-state index contributed by atoms with van der Waals surface area (Å²) in [4.78, 5) is -0.550. The molecule has 7 heteroatoms. The Balaban J connectivity index is 3.39. The van der Waals surface area contributed by atoms with Gasteiger partial charge in [-0.3, -0.25) is 0 Å². The fourth-order valence-electron chi connectivity index (χ4n) is 1.20. The van der Waals surface area contributed by atoms with E-state index in [1.165, 1.54) is 6.07 Å². The largest absolute Gasteiger partial charge is 0.392 e. The van der Waals surface area contributed by atoms with Gasteiger partial charge in [-0.15, -0.1) is 0 Å². The Labute approximate surface area is 98.1 Å². The van der Waals surface area contributed by atoms with Gasteiger partial charge in [0.05, 0.1) is 6.61 Å². The highest BCUT2D eigenvalue weighted by atomic mass is 35.5. The van der Waals surface area contributed by atoms with Crippen LogP contribution in [0, 0.1) is 5.82 Å². The van der Waals surface area contributed by atoms with Gasteiger partial charge in [-0.1, -0.05) is 18.5 Å². The molecule has 1 aromatic carbocycles. The topological polar surface area (TPSA) is 66.4 Å². The quantitative estimate of drug-likeness (QED) is 0.863. The Hall–Kier alpha value is -0.690. The van der Waals surface area contributed by atoms with Crippen LogP contribution in [0.2, 0.25) is 5.02 Å². The molecule has 0 aromatic heterocycles. The maximum absolute atomic E-state index is 13.6. The number of sulfonamides is 1. The molecule has 0 saturated heterocycles. The molecule has 0 amide bonds. The summed E-state index contributed by atoms with van der Waals surface area (Å²) in [5.41, 5.74) is -0.149. The third-order valence-electron chi connectivity index (χ3n) is 1.87. The molecule has 16 heavy (non-hydrogen) atoms. The zero-order valence-corrected chi connectivity index (χ0v) is 10.1. The second kappa shape index (κ2) is 5.09. The molecular weight excluding hydrogens is 257 g/mol. The standard InChI is InChI=1S/C9H11ClFNO3S/c1-2-12-16(14,15)8-4-7(10)3-6(5-13)9(8)11/h3-4,12-13H,2,5H2,1H3. The summed E-state index contributed by atoms with van der Waals surface area (Å²) in [5, 5.41) is 8.91. The third-order valence-corrected chi connectivity index (χ3v) is 3.64. The van der Waals surface area contributed by atoms with Gasteiger partial charge in [0.2, 0.25) is 10.0 Å². The van der Waals surface area contributed by atoms with Crippen molar-refractivity contribution in [2.24, 2.45) is 0 Å². The van der Waals surface area contributed by atoms with Gasteiger partial charge in [-0.2, -0.15) is 0 Å². The van der Waals surface area contributed by atoms with Gasteiger partial charge in [0.1, 0.15) is 10.7 Å². The van der Waals surface area contributed by atoms with Crippen LogP contribution in [0.15, 0.2) is 17.0 Å². The Bertz CT molecular complexity index is 490. The lowest BCUT2D eigenvalue weighted by molar-refractivity contribution is 0.274. The van der Waals surface area contributed by atoms with Gasteiger partial charge in [-0.25, -0.2) is 17.5 Å². The van der Waals surface area contributed by atoms with E-state index in [0.717, 1.165) is 6.07 Å². The van der Waals surface area contributed by atoms with E-state index in [-0.39, 0.29) is 17.1 Å². The minimum absolute atomic E-state index is 0.0573. The number of aliphatic hydroxyl groups excluding tert-OH is 1. The molecule has 0 aliphatic carbocycles. The number of hydrogen-bond acceptors (Lipinski definition) is 3. The van der Waals surface area contributed by atoms with Crippen molar-refractivity contribution < 1.29 is 17.9 Å². The predicted octanol–water partition coefficient (Wildman–Crippen LogP) is 1.27. The van der Waals surface area contributed by atoms with Gasteiger partial charge in [0.15, 0.2) is 0 Å². The minimum Gasteiger partial charge on any atom is -0.392 e. The molecule has 0 saturated carbocycles. The van der Waals surface area contributed by atoms with Gasteiger partial charge < -0.3 is 5.11 Å². The van der Waals surface area contributed by atoms with Gasteiger partial charge in [0.25, 0.3) is 0 Å². The van der Waals surface area contributed by atoms with Crippen LogP contribution in [0.25, 0.3) is 0 Å². The van der Waals surface area contributed by atoms with Crippen molar-refractivity contribution in [3.8, 4) is 0 Å². The second-order valence-corrected chi connectivity index (χ2v) is 5.21. The molecule has 1 aromatic rings. The Morgan fingerprint density at radius 3 is 2.62 bits per heavy atom. The SMILES string of the molecule is CCNS(=O)(=O)c1cc(Cl)cc(CO)c1F.